The quantitative estimate of drug-likeness (QED) is 0.0569. The molecule has 486 valence electrons. The van der Waals surface area contributed by atoms with Crippen molar-refractivity contribution in [3.05, 3.63) is 0 Å². The predicted octanol–water partition coefficient (Wildman–Crippen LogP) is -5.49. The maximum Gasteiger partial charge on any atom is 0.187 e. The third-order valence-electron chi connectivity index (χ3n) is 21.8. The van der Waals surface area contributed by atoms with Crippen LogP contribution in [0.15, 0.2) is 0 Å². The molecular formula is C56H94O28. The molecule has 6 aliphatic heterocycles. The van der Waals surface area contributed by atoms with Crippen LogP contribution in [-0.2, 0) is 52.1 Å². The van der Waals surface area contributed by atoms with E-state index in [2.05, 4.69) is 20.8 Å². The first-order valence-corrected chi connectivity index (χ1v) is 30.3. The SMILES string of the molecule is C[C@@H](CC[C@@]1(O)OC2C[C@H]3C4CC[C@H]5C[C@@H](O[C@@H]6O[C@H](CO)[C@H](O[C@@H]7O[C@H](CO)[C@@H](O)[C@H](O[C@@H]8OC[C@@H](O)[C@H](O)[C@H]8O)[C@H]7O[C@@H]7O[C@H](CO)[C@H](O)[C@H](O)[C@H]7O)[C@H](O)[C@H]6O)CC[C@]5(C)C4CC[C@]3(C)C2[C@@H]1C)CO[C@@H]1O[C@H](CO)[C@@H](O)[C@H](O)[C@H]1O. The minimum absolute atomic E-state index is 0.0288. The van der Waals surface area contributed by atoms with Crippen LogP contribution in [-0.4, -0.2) is 292 Å². The first kappa shape index (κ1) is 65.8. The van der Waals surface area contributed by atoms with Crippen molar-refractivity contribution in [2.75, 3.05) is 39.6 Å². The summed E-state index contributed by atoms with van der Waals surface area (Å²) in [6.45, 7) is 5.31. The molecule has 10 rings (SSSR count). The molecular weight excluding hydrogens is 1120 g/mol. The predicted molar refractivity (Wildman–Crippen MR) is 278 cm³/mol. The minimum Gasteiger partial charge on any atom is -0.394 e. The number of hydrogen-bond acceptors (Lipinski definition) is 28. The van der Waals surface area contributed by atoms with Crippen LogP contribution in [0.4, 0.5) is 0 Å². The highest BCUT2D eigenvalue weighted by atomic mass is 16.8. The summed E-state index contributed by atoms with van der Waals surface area (Å²) in [6.07, 6.45) is -33.1. The lowest BCUT2D eigenvalue weighted by molar-refractivity contribution is -0.404. The Morgan fingerprint density at radius 2 is 1.06 bits per heavy atom. The third kappa shape index (κ3) is 12.1. The topological polar surface area (TPSA) is 445 Å². The molecule has 0 bridgehead atoms. The molecule has 0 radical (unpaired) electrons. The Balaban J connectivity index is 0.759. The molecule has 0 spiro atoms. The highest BCUT2D eigenvalue weighted by Gasteiger charge is 2.69. The first-order valence-electron chi connectivity index (χ1n) is 30.3. The number of hydrogen-bond donors (Lipinski definition) is 17. The van der Waals surface area contributed by atoms with Crippen molar-refractivity contribution in [2.45, 2.75) is 257 Å². The number of rotatable bonds is 18. The molecule has 10 fully saturated rings. The van der Waals surface area contributed by atoms with Crippen molar-refractivity contribution in [3.63, 3.8) is 0 Å². The minimum atomic E-state index is -2.02. The Hall–Kier alpha value is -1.12. The summed E-state index contributed by atoms with van der Waals surface area (Å²) in [7, 11) is 0. The van der Waals surface area contributed by atoms with Crippen LogP contribution < -0.4 is 0 Å². The maximum absolute atomic E-state index is 12.1. The maximum atomic E-state index is 12.1. The first-order chi connectivity index (χ1) is 39.8. The Bertz CT molecular complexity index is 2140. The molecule has 0 aromatic carbocycles. The monoisotopic (exact) mass is 1210 g/mol. The Morgan fingerprint density at radius 1 is 0.512 bits per heavy atom. The zero-order valence-corrected chi connectivity index (χ0v) is 48.0. The van der Waals surface area contributed by atoms with E-state index in [-0.39, 0.29) is 47.2 Å². The van der Waals surface area contributed by atoms with Gasteiger partial charge < -0.3 is 139 Å². The van der Waals surface area contributed by atoms with Gasteiger partial charge in [0.15, 0.2) is 37.2 Å². The van der Waals surface area contributed by atoms with Crippen molar-refractivity contribution in [2.24, 2.45) is 52.3 Å². The van der Waals surface area contributed by atoms with Gasteiger partial charge in [0.1, 0.15) is 116 Å². The molecule has 36 atom stereocenters. The highest BCUT2D eigenvalue weighted by molar-refractivity contribution is 5.15. The van der Waals surface area contributed by atoms with Crippen LogP contribution in [0.3, 0.4) is 0 Å². The Kier molecular flexibility index (Phi) is 20.6. The fourth-order valence-electron chi connectivity index (χ4n) is 16.8. The fraction of sp³-hybridized carbons (Fsp3) is 1.00. The van der Waals surface area contributed by atoms with E-state index in [1.165, 1.54) is 0 Å². The van der Waals surface area contributed by atoms with Crippen LogP contribution in [0.1, 0.15) is 91.9 Å². The summed E-state index contributed by atoms with van der Waals surface area (Å²) in [6, 6.07) is 0. The standard InChI is InChI=1S/C56H94O28/c1-21(19-74-49-43(70)39(66)36(63)30(15-57)77-49)7-12-56(73)22(2)34-29(84-56)14-27-25-6-5-23-13-24(8-10-54(23,3)26(25)9-11-55(27,34)4)76-51-45(72)41(68)46(33(18-60)80-51)81-53-48(83-52-44(71)40(67)37(64)31(16-58)78-52)47(38(65)32(17-59)79-53)82-50-42(69)35(62)28(61)20-75-50/h21-53,57-73H,5-20H2,1-4H3/t21-,22-,23-,24-,25?,26?,27-,28+,29?,30+,31+,32+,33+,34?,35-,36+,37-,38+,39-,40-,41+,42+,43+,44+,45+,46-,47-,48+,49+,50-,51+,52-,53-,54-,55-,56+/m0/s1. The summed E-state index contributed by atoms with van der Waals surface area (Å²) >= 11 is 0. The lowest BCUT2D eigenvalue weighted by atomic mass is 9.44. The Morgan fingerprint density at radius 3 is 1.73 bits per heavy atom. The van der Waals surface area contributed by atoms with E-state index in [9.17, 15) is 86.8 Å². The van der Waals surface area contributed by atoms with E-state index in [1.807, 2.05) is 6.92 Å². The normalized spacial score (nSPS) is 55.4. The van der Waals surface area contributed by atoms with Gasteiger partial charge in [0.2, 0.25) is 0 Å². The van der Waals surface area contributed by atoms with Gasteiger partial charge in [0.05, 0.1) is 51.8 Å². The van der Waals surface area contributed by atoms with Crippen molar-refractivity contribution in [3.8, 4) is 0 Å². The van der Waals surface area contributed by atoms with Crippen molar-refractivity contribution in [1.29, 1.82) is 0 Å². The third-order valence-corrected chi connectivity index (χ3v) is 21.8. The molecule has 17 N–H and O–H groups in total. The molecule has 6 saturated heterocycles. The number of aliphatic hydroxyl groups excluding tert-OH is 16. The summed E-state index contributed by atoms with van der Waals surface area (Å²) < 4.78 is 65.9. The zero-order valence-electron chi connectivity index (χ0n) is 48.0. The van der Waals surface area contributed by atoms with Crippen molar-refractivity contribution < 1.29 is 139 Å². The second kappa shape index (κ2) is 26.2. The van der Waals surface area contributed by atoms with E-state index in [0.29, 0.717) is 43.4 Å². The van der Waals surface area contributed by atoms with Crippen LogP contribution in [0.2, 0.25) is 0 Å². The highest BCUT2D eigenvalue weighted by Crippen LogP contribution is 2.71. The fourth-order valence-corrected chi connectivity index (χ4v) is 16.8. The van der Waals surface area contributed by atoms with Crippen LogP contribution in [0.5, 0.6) is 0 Å². The molecule has 28 nitrogen and oxygen atoms in total. The van der Waals surface area contributed by atoms with Gasteiger partial charge in [0, 0.05) is 12.3 Å². The number of fused-ring (bicyclic) bond motifs is 7. The van der Waals surface area contributed by atoms with E-state index >= 15 is 0 Å². The average Bonchev–Trinajstić information content (AvgIpc) is 2.08. The molecule has 4 unspecified atom stereocenters. The molecule has 4 saturated carbocycles. The second-order valence-electron chi connectivity index (χ2n) is 26.6. The van der Waals surface area contributed by atoms with Gasteiger partial charge in [-0.3, -0.25) is 0 Å². The zero-order chi connectivity index (χ0) is 60.6. The molecule has 6 heterocycles. The molecule has 0 aromatic rings. The number of aliphatic hydroxyl groups is 17. The molecule has 10 aliphatic rings. The second-order valence-corrected chi connectivity index (χ2v) is 26.6. The van der Waals surface area contributed by atoms with Gasteiger partial charge in [-0.25, -0.2) is 0 Å². The average molecular weight is 1220 g/mol. The summed E-state index contributed by atoms with van der Waals surface area (Å²) in [4.78, 5) is 0. The van der Waals surface area contributed by atoms with Crippen LogP contribution >= 0.6 is 0 Å². The largest absolute Gasteiger partial charge is 0.394 e. The van der Waals surface area contributed by atoms with Gasteiger partial charge >= 0.3 is 0 Å². The summed E-state index contributed by atoms with van der Waals surface area (Å²) in [5.41, 5.74) is -0.0852. The summed E-state index contributed by atoms with van der Waals surface area (Å²) in [5, 5.41) is 182. The van der Waals surface area contributed by atoms with Crippen LogP contribution in [0.25, 0.3) is 0 Å². The Labute approximate surface area is 487 Å². The molecule has 0 amide bonds. The van der Waals surface area contributed by atoms with E-state index in [1.54, 1.807) is 0 Å². The van der Waals surface area contributed by atoms with Gasteiger partial charge in [-0.05, 0) is 104 Å². The molecule has 28 heteroatoms. The van der Waals surface area contributed by atoms with E-state index in [0.717, 1.165) is 38.5 Å². The lowest BCUT2D eigenvalue weighted by Gasteiger charge is -2.61. The summed E-state index contributed by atoms with van der Waals surface area (Å²) in [5.74, 6) is 0.0903. The lowest BCUT2D eigenvalue weighted by Crippen LogP contribution is -2.68. The van der Waals surface area contributed by atoms with Crippen LogP contribution in [0, 0.1) is 52.3 Å². The van der Waals surface area contributed by atoms with Gasteiger partial charge in [-0.2, -0.15) is 0 Å². The smallest absolute Gasteiger partial charge is 0.187 e. The number of ether oxygens (including phenoxy) is 11. The van der Waals surface area contributed by atoms with E-state index < -0.39 is 192 Å². The van der Waals surface area contributed by atoms with Gasteiger partial charge in [-0.15, -0.1) is 0 Å². The molecule has 84 heavy (non-hydrogen) atoms. The van der Waals surface area contributed by atoms with Crippen molar-refractivity contribution in [1.82, 2.24) is 0 Å². The molecule has 4 aliphatic carbocycles. The van der Waals surface area contributed by atoms with Gasteiger partial charge in [-0.1, -0.05) is 27.7 Å². The molecule has 0 aromatic heterocycles. The van der Waals surface area contributed by atoms with Crippen molar-refractivity contribution >= 4 is 0 Å². The van der Waals surface area contributed by atoms with E-state index in [4.69, 9.17) is 52.1 Å². The van der Waals surface area contributed by atoms with Gasteiger partial charge in [0.25, 0.3) is 0 Å².